The first kappa shape index (κ1) is 16.1. The number of nitrogens with one attached hydrogen (secondary N) is 2. The zero-order chi connectivity index (χ0) is 16.8. The Balaban J connectivity index is 1.41. The molecule has 130 valence electrons. The van der Waals surface area contributed by atoms with Gasteiger partial charge in [-0.15, -0.1) is 0 Å². The number of aliphatic hydroxyl groups is 1. The summed E-state index contributed by atoms with van der Waals surface area (Å²) in [6.45, 7) is 0. The molecule has 2 saturated heterocycles. The zero-order valence-electron chi connectivity index (χ0n) is 13.4. The molecule has 2 bridgehead atoms. The number of rotatable bonds is 3. The van der Waals surface area contributed by atoms with Crippen LogP contribution in [0.25, 0.3) is 0 Å². The molecule has 0 unspecified atom stereocenters. The van der Waals surface area contributed by atoms with Gasteiger partial charge in [-0.25, -0.2) is 0 Å². The number of fused-ring (bicyclic) bond motifs is 3. The summed E-state index contributed by atoms with van der Waals surface area (Å²) in [6.07, 6.45) is 0.688. The lowest BCUT2D eigenvalue weighted by Gasteiger charge is -2.31. The van der Waals surface area contributed by atoms with Crippen molar-refractivity contribution in [2.24, 2.45) is 0 Å². The van der Waals surface area contributed by atoms with Crippen LogP contribution in [0.1, 0.15) is 30.9 Å². The Hall–Kier alpha value is -1.34. The van der Waals surface area contributed by atoms with Gasteiger partial charge in [-0.1, -0.05) is 11.6 Å². The predicted octanol–water partition coefficient (Wildman–Crippen LogP) is 1.16. The molecule has 0 aliphatic carbocycles. The van der Waals surface area contributed by atoms with Crippen molar-refractivity contribution in [2.45, 2.75) is 55.8 Å². The van der Waals surface area contributed by atoms with Crippen molar-refractivity contribution >= 4 is 17.5 Å². The molecule has 0 radical (unpaired) electrons. The lowest BCUT2D eigenvalue weighted by atomic mass is 9.91. The molecule has 1 aromatic rings. The molecule has 3 heterocycles. The standard InChI is InChI=1S/C17H21ClN2O4/c1-19-10-5-15-11(6-14(10)24-15)20-17(22)16-7-12(21)9-4-8(18)2-3-13(9)23-16/h2-4,10-12,14-16,19,21H,5-7H2,1H3,(H,20,22)/t10-,11-,12-,14+,15+,16-/m1/s1. The molecule has 4 rings (SSSR count). The fourth-order valence-corrected chi connectivity index (χ4v) is 4.15. The van der Waals surface area contributed by atoms with Crippen molar-refractivity contribution in [1.29, 1.82) is 0 Å². The third kappa shape index (κ3) is 2.77. The first-order valence-corrected chi connectivity index (χ1v) is 8.70. The summed E-state index contributed by atoms with van der Waals surface area (Å²) in [7, 11) is 1.93. The van der Waals surface area contributed by atoms with Crippen LogP contribution >= 0.6 is 11.6 Å². The second kappa shape index (κ2) is 6.19. The third-order valence-corrected chi connectivity index (χ3v) is 5.48. The maximum Gasteiger partial charge on any atom is 0.261 e. The Bertz CT molecular complexity index is 655. The number of likely N-dealkylation sites (N-methyl/N-ethyl adjacent to an activating group) is 1. The fraction of sp³-hybridized carbons (Fsp3) is 0.588. The minimum atomic E-state index is -0.756. The van der Waals surface area contributed by atoms with Crippen LogP contribution in [0.4, 0.5) is 0 Å². The van der Waals surface area contributed by atoms with Crippen molar-refractivity contribution in [1.82, 2.24) is 10.6 Å². The van der Waals surface area contributed by atoms with Gasteiger partial charge in [0.2, 0.25) is 0 Å². The van der Waals surface area contributed by atoms with Crippen LogP contribution < -0.4 is 15.4 Å². The highest BCUT2D eigenvalue weighted by Crippen LogP contribution is 2.37. The highest BCUT2D eigenvalue weighted by Gasteiger charge is 2.47. The van der Waals surface area contributed by atoms with Gasteiger partial charge in [0.1, 0.15) is 5.75 Å². The van der Waals surface area contributed by atoms with Gasteiger partial charge in [0, 0.05) is 23.0 Å². The minimum absolute atomic E-state index is 0.0134. The molecular formula is C17H21ClN2O4. The van der Waals surface area contributed by atoms with Crippen LogP contribution in [0, 0.1) is 0 Å². The second-order valence-electron chi connectivity index (χ2n) is 6.73. The summed E-state index contributed by atoms with van der Waals surface area (Å²) in [5, 5.41) is 17.1. The summed E-state index contributed by atoms with van der Waals surface area (Å²) in [6, 6.07) is 5.44. The van der Waals surface area contributed by atoms with Crippen molar-refractivity contribution < 1.29 is 19.4 Å². The van der Waals surface area contributed by atoms with E-state index < -0.39 is 12.2 Å². The Morgan fingerprint density at radius 2 is 2.00 bits per heavy atom. The van der Waals surface area contributed by atoms with Gasteiger partial charge in [-0.05, 0) is 38.1 Å². The topological polar surface area (TPSA) is 79.8 Å². The number of ether oxygens (including phenoxy) is 2. The third-order valence-electron chi connectivity index (χ3n) is 5.25. The molecule has 1 aromatic carbocycles. The number of hydrogen-bond acceptors (Lipinski definition) is 5. The van der Waals surface area contributed by atoms with Crippen LogP contribution in [0.15, 0.2) is 18.2 Å². The Labute approximate surface area is 145 Å². The maximum atomic E-state index is 12.6. The van der Waals surface area contributed by atoms with Crippen LogP contribution in [0.2, 0.25) is 5.02 Å². The molecule has 0 aromatic heterocycles. The lowest BCUT2D eigenvalue weighted by molar-refractivity contribution is -0.131. The number of carbonyl (C=O) groups excluding carboxylic acids is 1. The van der Waals surface area contributed by atoms with Crippen molar-refractivity contribution in [3.8, 4) is 5.75 Å². The van der Waals surface area contributed by atoms with E-state index in [1.807, 2.05) is 7.05 Å². The normalized spacial score (nSPS) is 37.0. The lowest BCUT2D eigenvalue weighted by Crippen LogP contribution is -2.51. The molecular weight excluding hydrogens is 332 g/mol. The number of halogens is 1. The van der Waals surface area contributed by atoms with Gasteiger partial charge in [0.25, 0.3) is 5.91 Å². The molecule has 6 nitrogen and oxygen atoms in total. The number of aliphatic hydroxyl groups excluding tert-OH is 1. The molecule has 1 amide bonds. The zero-order valence-corrected chi connectivity index (χ0v) is 14.1. The SMILES string of the molecule is CN[C@@H]1C[C@@H]2O[C@H]1C[C@H]2NC(=O)[C@H]1C[C@@H](O)c2cc(Cl)ccc2O1. The van der Waals surface area contributed by atoms with Gasteiger partial charge in [-0.3, -0.25) is 4.79 Å². The maximum absolute atomic E-state index is 12.6. The van der Waals surface area contributed by atoms with Crippen LogP contribution in [0.3, 0.4) is 0 Å². The predicted molar refractivity (Wildman–Crippen MR) is 88.1 cm³/mol. The fourth-order valence-electron chi connectivity index (χ4n) is 3.97. The molecule has 7 heteroatoms. The number of benzene rings is 1. The van der Waals surface area contributed by atoms with Crippen LogP contribution in [-0.2, 0) is 9.53 Å². The molecule has 0 saturated carbocycles. The molecule has 0 spiro atoms. The summed E-state index contributed by atoms with van der Waals surface area (Å²) in [5.74, 6) is 0.314. The van der Waals surface area contributed by atoms with E-state index in [9.17, 15) is 9.90 Å². The van der Waals surface area contributed by atoms with Gasteiger partial charge >= 0.3 is 0 Å². The van der Waals surface area contributed by atoms with E-state index in [0.717, 1.165) is 12.8 Å². The van der Waals surface area contributed by atoms with E-state index in [1.54, 1.807) is 18.2 Å². The summed E-state index contributed by atoms with van der Waals surface area (Å²) >= 11 is 5.95. The Morgan fingerprint density at radius 1 is 1.25 bits per heavy atom. The number of amides is 1. The van der Waals surface area contributed by atoms with Crippen LogP contribution in [-0.4, -0.2) is 48.5 Å². The van der Waals surface area contributed by atoms with Gasteiger partial charge in [0.05, 0.1) is 24.4 Å². The van der Waals surface area contributed by atoms with E-state index >= 15 is 0 Å². The van der Waals surface area contributed by atoms with E-state index in [1.165, 1.54) is 0 Å². The first-order valence-electron chi connectivity index (χ1n) is 8.32. The van der Waals surface area contributed by atoms with E-state index in [0.29, 0.717) is 22.4 Å². The number of hydrogen-bond donors (Lipinski definition) is 3. The molecule has 2 fully saturated rings. The summed E-state index contributed by atoms with van der Waals surface area (Å²) in [5.41, 5.74) is 0.631. The van der Waals surface area contributed by atoms with E-state index in [4.69, 9.17) is 21.1 Å². The summed E-state index contributed by atoms with van der Waals surface area (Å²) < 4.78 is 11.7. The summed E-state index contributed by atoms with van der Waals surface area (Å²) in [4.78, 5) is 12.6. The Kier molecular flexibility index (Phi) is 4.16. The average Bonchev–Trinajstić information content (AvgIpc) is 3.15. The Morgan fingerprint density at radius 3 is 2.71 bits per heavy atom. The van der Waals surface area contributed by atoms with E-state index in [-0.39, 0.29) is 30.6 Å². The van der Waals surface area contributed by atoms with Gasteiger partial charge in [0.15, 0.2) is 6.10 Å². The second-order valence-corrected chi connectivity index (χ2v) is 7.17. The van der Waals surface area contributed by atoms with Gasteiger partial charge in [-0.2, -0.15) is 0 Å². The van der Waals surface area contributed by atoms with Crippen molar-refractivity contribution in [3.05, 3.63) is 28.8 Å². The first-order chi connectivity index (χ1) is 11.5. The minimum Gasteiger partial charge on any atom is -0.480 e. The molecule has 6 atom stereocenters. The monoisotopic (exact) mass is 352 g/mol. The molecule has 3 aliphatic heterocycles. The molecule has 3 N–H and O–H groups in total. The highest BCUT2D eigenvalue weighted by atomic mass is 35.5. The highest BCUT2D eigenvalue weighted by molar-refractivity contribution is 6.30. The molecule has 24 heavy (non-hydrogen) atoms. The van der Waals surface area contributed by atoms with Gasteiger partial charge < -0.3 is 25.2 Å². The quantitative estimate of drug-likeness (QED) is 0.760. The van der Waals surface area contributed by atoms with E-state index in [2.05, 4.69) is 10.6 Å². The van der Waals surface area contributed by atoms with Crippen LogP contribution in [0.5, 0.6) is 5.75 Å². The van der Waals surface area contributed by atoms with Crippen molar-refractivity contribution in [2.75, 3.05) is 7.05 Å². The average molecular weight is 353 g/mol. The molecule has 3 aliphatic rings. The van der Waals surface area contributed by atoms with Crippen molar-refractivity contribution in [3.63, 3.8) is 0 Å². The smallest absolute Gasteiger partial charge is 0.261 e. The number of carbonyl (C=O) groups is 1. The largest absolute Gasteiger partial charge is 0.480 e.